The van der Waals surface area contributed by atoms with Crippen LogP contribution in [0.5, 0.6) is 5.75 Å². The van der Waals surface area contributed by atoms with Crippen molar-refractivity contribution in [3.8, 4) is 11.6 Å². The lowest BCUT2D eigenvalue weighted by Crippen LogP contribution is -2.36. The van der Waals surface area contributed by atoms with Crippen molar-refractivity contribution in [1.82, 2.24) is 14.8 Å². The minimum atomic E-state index is -4.67. The predicted molar refractivity (Wildman–Crippen MR) is 113 cm³/mol. The summed E-state index contributed by atoms with van der Waals surface area (Å²) in [6.45, 7) is 5.66. The Balaban J connectivity index is 2.26. The Morgan fingerprint density at radius 3 is 2.39 bits per heavy atom. The van der Waals surface area contributed by atoms with E-state index >= 15 is 0 Å². The number of pyridine rings is 1. The van der Waals surface area contributed by atoms with Crippen LogP contribution in [0, 0.1) is 0 Å². The fraction of sp³-hybridized carbons (Fsp3) is 0.333. The van der Waals surface area contributed by atoms with Crippen LogP contribution in [0.25, 0.3) is 16.6 Å². The summed E-state index contributed by atoms with van der Waals surface area (Å²) in [7, 11) is -3.98. The van der Waals surface area contributed by atoms with Gasteiger partial charge in [0.1, 0.15) is 10.6 Å². The van der Waals surface area contributed by atoms with Crippen molar-refractivity contribution in [2.45, 2.75) is 44.4 Å². The molecule has 0 saturated carbocycles. The second-order valence-electron chi connectivity index (χ2n) is 7.73. The highest BCUT2D eigenvalue weighted by Crippen LogP contribution is 2.31. The first kappa shape index (κ1) is 24.4. The highest BCUT2D eigenvalue weighted by atomic mass is 32.2. The number of Topliss-reactive ketones (excluding diaryl/α,β-unsaturated/α-hetero) is 1. The summed E-state index contributed by atoms with van der Waals surface area (Å²) in [4.78, 5) is 28.4. The number of benzene rings is 1. The fourth-order valence-electron chi connectivity index (χ4n) is 2.85. The first-order chi connectivity index (χ1) is 15.2. The Bertz CT molecular complexity index is 1410. The van der Waals surface area contributed by atoms with Crippen LogP contribution in [-0.2, 0) is 20.8 Å². The van der Waals surface area contributed by atoms with Gasteiger partial charge in [-0.25, -0.2) is 13.4 Å². The first-order valence-electron chi connectivity index (χ1n) is 9.70. The van der Waals surface area contributed by atoms with Gasteiger partial charge in [-0.05, 0) is 32.9 Å². The molecule has 0 amide bonds. The Morgan fingerprint density at radius 2 is 1.82 bits per heavy atom. The number of ketones is 1. The summed E-state index contributed by atoms with van der Waals surface area (Å²) >= 11 is 0. The second kappa shape index (κ2) is 8.25. The molecule has 3 rings (SSSR count). The molecule has 0 saturated heterocycles. The quantitative estimate of drug-likeness (QED) is 0.529. The third kappa shape index (κ3) is 4.75. The Kier molecular flexibility index (Phi) is 6.09. The molecule has 3 aromatic rings. The number of alkyl halides is 3. The molecule has 12 heteroatoms. The Morgan fingerprint density at radius 1 is 1.15 bits per heavy atom. The molecule has 176 valence electrons. The van der Waals surface area contributed by atoms with Crippen LogP contribution >= 0.6 is 0 Å². The van der Waals surface area contributed by atoms with Gasteiger partial charge in [-0.1, -0.05) is 13.0 Å². The number of ether oxygens (including phenoxy) is 1. The van der Waals surface area contributed by atoms with E-state index in [4.69, 9.17) is 4.74 Å². The van der Waals surface area contributed by atoms with Crippen LogP contribution in [-0.4, -0.2) is 40.3 Å². The number of hydrogen-bond donors (Lipinski definition) is 0. The molecule has 1 aromatic carbocycles. The summed E-state index contributed by atoms with van der Waals surface area (Å²) < 4.78 is 71.1. The number of hydrogen-bond acceptors (Lipinski definition) is 7. The van der Waals surface area contributed by atoms with E-state index in [1.807, 2.05) is 0 Å². The maximum atomic E-state index is 13.1. The molecule has 0 aliphatic carbocycles. The predicted octanol–water partition coefficient (Wildman–Crippen LogP) is 3.34. The van der Waals surface area contributed by atoms with Gasteiger partial charge in [-0.2, -0.15) is 23.0 Å². The highest BCUT2D eigenvalue weighted by Gasteiger charge is 2.31. The largest absolute Gasteiger partial charge is 0.478 e. The maximum absolute atomic E-state index is 13.1. The number of carbonyl (C=O) groups excluding carboxylic acids is 1. The molecule has 0 spiro atoms. The van der Waals surface area contributed by atoms with Crippen LogP contribution in [0.2, 0.25) is 0 Å². The SMILES string of the molecule is CCS(=O)(=O)c1cc(OC(C)(C)C(C)=O)cnc1-n1ncc2ccc(C(F)(F)F)cc2c1=O. The van der Waals surface area contributed by atoms with Crippen LogP contribution in [0.3, 0.4) is 0 Å². The molecule has 0 bridgehead atoms. The monoisotopic (exact) mass is 483 g/mol. The molecule has 2 aromatic heterocycles. The van der Waals surface area contributed by atoms with Gasteiger partial charge in [0, 0.05) is 11.5 Å². The average molecular weight is 483 g/mol. The van der Waals surface area contributed by atoms with E-state index in [1.165, 1.54) is 27.7 Å². The smallest absolute Gasteiger partial charge is 0.416 e. The van der Waals surface area contributed by atoms with E-state index in [0.29, 0.717) is 10.7 Å². The van der Waals surface area contributed by atoms with Gasteiger partial charge in [0.2, 0.25) is 0 Å². The molecule has 0 aliphatic rings. The molecule has 0 radical (unpaired) electrons. The topological polar surface area (TPSA) is 108 Å². The van der Waals surface area contributed by atoms with Gasteiger partial charge < -0.3 is 4.74 Å². The van der Waals surface area contributed by atoms with Crippen LogP contribution in [0.15, 0.2) is 46.3 Å². The molecular formula is C21H20F3N3O5S. The fourth-order valence-corrected chi connectivity index (χ4v) is 3.88. The molecular weight excluding hydrogens is 463 g/mol. The van der Waals surface area contributed by atoms with E-state index in [2.05, 4.69) is 10.1 Å². The zero-order valence-electron chi connectivity index (χ0n) is 18.1. The van der Waals surface area contributed by atoms with Crippen LogP contribution < -0.4 is 10.3 Å². The van der Waals surface area contributed by atoms with Gasteiger partial charge in [0.05, 0.1) is 29.1 Å². The molecule has 2 heterocycles. The van der Waals surface area contributed by atoms with E-state index < -0.39 is 43.5 Å². The highest BCUT2D eigenvalue weighted by molar-refractivity contribution is 7.91. The lowest BCUT2D eigenvalue weighted by Gasteiger charge is -2.23. The molecule has 8 nitrogen and oxygen atoms in total. The first-order valence-corrected chi connectivity index (χ1v) is 11.3. The lowest BCUT2D eigenvalue weighted by molar-refractivity contribution is -0.137. The van der Waals surface area contributed by atoms with Gasteiger partial charge in [-0.3, -0.25) is 9.59 Å². The van der Waals surface area contributed by atoms with Crippen molar-refractivity contribution in [3.05, 3.63) is 52.6 Å². The minimum absolute atomic E-state index is 0.0424. The average Bonchev–Trinajstić information content (AvgIpc) is 2.73. The summed E-state index contributed by atoms with van der Waals surface area (Å²) in [5.41, 5.74) is -3.28. The normalized spacial score (nSPS) is 12.7. The van der Waals surface area contributed by atoms with Crippen molar-refractivity contribution in [2.75, 3.05) is 5.75 Å². The van der Waals surface area contributed by atoms with Gasteiger partial charge >= 0.3 is 6.18 Å². The van der Waals surface area contributed by atoms with Gasteiger partial charge in [0.25, 0.3) is 5.56 Å². The molecule has 0 N–H and O–H groups in total. The second-order valence-corrected chi connectivity index (χ2v) is 9.97. The standard InChI is InChI=1S/C21H20F3N3O5S/c1-5-33(30,31)17-9-15(32-20(3,4)12(2)28)11-25-18(17)27-19(29)16-8-14(21(22,23)24)7-6-13(16)10-26-27/h6-11H,5H2,1-4H3. The molecule has 33 heavy (non-hydrogen) atoms. The van der Waals surface area contributed by atoms with Crippen molar-refractivity contribution in [1.29, 1.82) is 0 Å². The third-order valence-electron chi connectivity index (χ3n) is 5.06. The van der Waals surface area contributed by atoms with Crippen LogP contribution in [0.1, 0.15) is 33.3 Å². The van der Waals surface area contributed by atoms with Crippen molar-refractivity contribution in [3.63, 3.8) is 0 Å². The summed E-state index contributed by atoms with van der Waals surface area (Å²) in [6.07, 6.45) is -2.42. The Hall–Kier alpha value is -3.28. The number of halogens is 3. The maximum Gasteiger partial charge on any atom is 0.416 e. The minimum Gasteiger partial charge on any atom is -0.478 e. The zero-order valence-corrected chi connectivity index (χ0v) is 18.9. The van der Waals surface area contributed by atoms with Gasteiger partial charge in [0.15, 0.2) is 27.0 Å². The Labute approximate surface area is 186 Å². The molecule has 0 unspecified atom stereocenters. The molecule has 0 atom stereocenters. The number of aromatic nitrogens is 3. The van der Waals surface area contributed by atoms with Crippen molar-refractivity contribution in [2.24, 2.45) is 0 Å². The zero-order chi connectivity index (χ0) is 24.8. The van der Waals surface area contributed by atoms with Gasteiger partial charge in [-0.15, -0.1) is 0 Å². The third-order valence-corrected chi connectivity index (χ3v) is 6.79. The number of rotatable bonds is 6. The van der Waals surface area contributed by atoms with Crippen LogP contribution in [0.4, 0.5) is 13.2 Å². The molecule has 0 fully saturated rings. The van der Waals surface area contributed by atoms with Crippen molar-refractivity contribution >= 4 is 26.4 Å². The number of fused-ring (bicyclic) bond motifs is 1. The van der Waals surface area contributed by atoms with E-state index in [-0.39, 0.29) is 28.1 Å². The summed E-state index contributed by atoms with van der Waals surface area (Å²) in [6, 6.07) is 3.71. The van der Waals surface area contributed by atoms with Crippen molar-refractivity contribution < 1.29 is 31.1 Å². The lowest BCUT2D eigenvalue weighted by atomic mass is 10.1. The molecule has 0 aliphatic heterocycles. The van der Waals surface area contributed by atoms with E-state index in [0.717, 1.165) is 30.6 Å². The number of sulfone groups is 1. The number of carbonyl (C=O) groups is 1. The van der Waals surface area contributed by atoms with E-state index in [1.54, 1.807) is 0 Å². The summed E-state index contributed by atoms with van der Waals surface area (Å²) in [5, 5.41) is 3.75. The summed E-state index contributed by atoms with van der Waals surface area (Å²) in [5.74, 6) is -1.12. The number of nitrogens with zero attached hydrogens (tertiary/aromatic N) is 3. The van der Waals surface area contributed by atoms with E-state index in [9.17, 15) is 31.2 Å².